The predicted octanol–water partition coefficient (Wildman–Crippen LogP) is 0.702. The molecular formula is C10H14N2O2. The number of amides is 1. The summed E-state index contributed by atoms with van der Waals surface area (Å²) in [4.78, 5) is 10.9. The van der Waals surface area contributed by atoms with Gasteiger partial charge in [-0.15, -0.1) is 0 Å². The molecular weight excluding hydrogens is 180 g/mol. The number of hydrogen-bond acceptors (Lipinski definition) is 3. The summed E-state index contributed by atoms with van der Waals surface area (Å²) in [6, 6.07) is 5.47. The van der Waals surface area contributed by atoms with E-state index in [9.17, 15) is 4.79 Å². The zero-order chi connectivity index (χ0) is 10.6. The number of carbonyl (C=O) groups excluding carboxylic acids is 1. The maximum Gasteiger partial charge on any atom is 0.257 e. The molecule has 0 heterocycles. The average Bonchev–Trinajstić information content (AvgIpc) is 2.16. The molecule has 4 nitrogen and oxygen atoms in total. The van der Waals surface area contributed by atoms with Gasteiger partial charge in [-0.2, -0.15) is 0 Å². The quantitative estimate of drug-likeness (QED) is 0.696. The van der Waals surface area contributed by atoms with E-state index in [1.54, 1.807) is 13.1 Å². The van der Waals surface area contributed by atoms with E-state index in [0.717, 1.165) is 5.56 Å². The van der Waals surface area contributed by atoms with Crippen LogP contribution in [0.15, 0.2) is 18.2 Å². The van der Waals surface area contributed by atoms with Gasteiger partial charge in [0.1, 0.15) is 5.75 Å². The first-order valence-electron chi connectivity index (χ1n) is 4.33. The van der Waals surface area contributed by atoms with Gasteiger partial charge in [-0.3, -0.25) is 4.79 Å². The third-order valence-electron chi connectivity index (χ3n) is 1.87. The molecule has 0 bridgehead atoms. The molecule has 0 spiro atoms. The molecule has 0 atom stereocenters. The third kappa shape index (κ3) is 2.39. The maximum atomic E-state index is 10.9. The Morgan fingerprint density at radius 3 is 2.86 bits per heavy atom. The minimum absolute atomic E-state index is 0.00838. The number of benzene rings is 1. The summed E-state index contributed by atoms with van der Waals surface area (Å²) in [6.07, 6.45) is 0. The first-order valence-corrected chi connectivity index (χ1v) is 4.33. The number of ether oxygens (including phenoxy) is 1. The van der Waals surface area contributed by atoms with Crippen molar-refractivity contribution in [3.63, 3.8) is 0 Å². The van der Waals surface area contributed by atoms with Gasteiger partial charge in [0.2, 0.25) is 0 Å². The number of anilines is 1. The van der Waals surface area contributed by atoms with E-state index < -0.39 is 0 Å². The van der Waals surface area contributed by atoms with E-state index in [4.69, 9.17) is 10.5 Å². The highest BCUT2D eigenvalue weighted by atomic mass is 16.5. The van der Waals surface area contributed by atoms with Gasteiger partial charge in [-0.25, -0.2) is 0 Å². The van der Waals surface area contributed by atoms with E-state index in [1.807, 2.05) is 19.1 Å². The lowest BCUT2D eigenvalue weighted by Gasteiger charge is -2.10. The van der Waals surface area contributed by atoms with Gasteiger partial charge in [-0.1, -0.05) is 12.1 Å². The summed E-state index contributed by atoms with van der Waals surface area (Å²) in [5, 5.41) is 2.47. The lowest BCUT2D eigenvalue weighted by molar-refractivity contribution is -0.122. The molecule has 0 saturated carbocycles. The van der Waals surface area contributed by atoms with Crippen molar-refractivity contribution in [3.8, 4) is 5.75 Å². The van der Waals surface area contributed by atoms with Crippen LogP contribution in [0.1, 0.15) is 5.56 Å². The van der Waals surface area contributed by atoms with Gasteiger partial charge in [-0.05, 0) is 18.6 Å². The normalized spacial score (nSPS) is 9.57. The zero-order valence-corrected chi connectivity index (χ0v) is 8.33. The minimum Gasteiger partial charge on any atom is -0.481 e. The molecule has 0 aromatic heterocycles. The summed E-state index contributed by atoms with van der Waals surface area (Å²) < 4.78 is 5.28. The molecule has 1 aromatic rings. The Labute approximate surface area is 83.1 Å². The number of hydrogen-bond donors (Lipinski definition) is 2. The SMILES string of the molecule is CNC(=O)COc1c(C)cccc1N. The summed E-state index contributed by atoms with van der Waals surface area (Å²) in [5.41, 5.74) is 7.17. The molecule has 0 radical (unpaired) electrons. The van der Waals surface area contributed by atoms with Crippen molar-refractivity contribution in [3.05, 3.63) is 23.8 Å². The van der Waals surface area contributed by atoms with Gasteiger partial charge in [0.05, 0.1) is 5.69 Å². The standard InChI is InChI=1S/C10H14N2O2/c1-7-4-3-5-8(11)10(7)14-6-9(13)12-2/h3-5H,6,11H2,1-2H3,(H,12,13). The second kappa shape index (κ2) is 4.50. The number of carbonyl (C=O) groups is 1. The van der Waals surface area contributed by atoms with Crippen molar-refractivity contribution in [1.82, 2.24) is 5.32 Å². The van der Waals surface area contributed by atoms with E-state index >= 15 is 0 Å². The molecule has 4 heteroatoms. The summed E-state index contributed by atoms with van der Waals surface area (Å²) in [5.74, 6) is 0.406. The van der Waals surface area contributed by atoms with Crippen LogP contribution in [0.25, 0.3) is 0 Å². The Morgan fingerprint density at radius 2 is 2.29 bits per heavy atom. The maximum absolute atomic E-state index is 10.9. The van der Waals surface area contributed by atoms with Gasteiger partial charge in [0.15, 0.2) is 6.61 Å². The van der Waals surface area contributed by atoms with Crippen molar-refractivity contribution in [2.24, 2.45) is 0 Å². The molecule has 14 heavy (non-hydrogen) atoms. The van der Waals surface area contributed by atoms with Crippen LogP contribution < -0.4 is 15.8 Å². The number of rotatable bonds is 3. The Hall–Kier alpha value is -1.71. The number of nitrogen functional groups attached to an aromatic ring is 1. The largest absolute Gasteiger partial charge is 0.481 e. The average molecular weight is 194 g/mol. The van der Waals surface area contributed by atoms with Crippen molar-refractivity contribution in [2.45, 2.75) is 6.92 Å². The number of aryl methyl sites for hydroxylation is 1. The highest BCUT2D eigenvalue weighted by Crippen LogP contribution is 2.24. The summed E-state index contributed by atoms with van der Waals surface area (Å²) >= 11 is 0. The molecule has 1 amide bonds. The molecule has 76 valence electrons. The topological polar surface area (TPSA) is 64.3 Å². The molecule has 1 rings (SSSR count). The summed E-state index contributed by atoms with van der Waals surface area (Å²) in [6.45, 7) is 1.88. The van der Waals surface area contributed by atoms with Crippen LogP contribution in [0.2, 0.25) is 0 Å². The van der Waals surface area contributed by atoms with Crippen LogP contribution in [0.3, 0.4) is 0 Å². The van der Waals surface area contributed by atoms with Crippen molar-refractivity contribution in [2.75, 3.05) is 19.4 Å². The fourth-order valence-corrected chi connectivity index (χ4v) is 1.08. The van der Waals surface area contributed by atoms with E-state index in [0.29, 0.717) is 11.4 Å². The zero-order valence-electron chi connectivity index (χ0n) is 8.33. The van der Waals surface area contributed by atoms with Crippen molar-refractivity contribution in [1.29, 1.82) is 0 Å². The van der Waals surface area contributed by atoms with Crippen molar-refractivity contribution >= 4 is 11.6 Å². The molecule has 3 N–H and O–H groups in total. The molecule has 0 aliphatic rings. The molecule has 0 fully saturated rings. The Kier molecular flexibility index (Phi) is 3.34. The van der Waals surface area contributed by atoms with Crippen LogP contribution >= 0.6 is 0 Å². The van der Waals surface area contributed by atoms with Gasteiger partial charge >= 0.3 is 0 Å². The molecule has 0 aliphatic heterocycles. The van der Waals surface area contributed by atoms with Gasteiger partial charge < -0.3 is 15.8 Å². The highest BCUT2D eigenvalue weighted by Gasteiger charge is 2.05. The fourth-order valence-electron chi connectivity index (χ4n) is 1.08. The van der Waals surface area contributed by atoms with Gasteiger partial charge in [0.25, 0.3) is 5.91 Å². The van der Waals surface area contributed by atoms with Crippen LogP contribution in [-0.2, 0) is 4.79 Å². The lowest BCUT2D eigenvalue weighted by atomic mass is 10.2. The molecule has 0 unspecified atom stereocenters. The lowest BCUT2D eigenvalue weighted by Crippen LogP contribution is -2.25. The Morgan fingerprint density at radius 1 is 1.57 bits per heavy atom. The second-order valence-corrected chi connectivity index (χ2v) is 2.96. The second-order valence-electron chi connectivity index (χ2n) is 2.96. The first-order chi connectivity index (χ1) is 6.65. The van der Waals surface area contributed by atoms with Crippen LogP contribution in [-0.4, -0.2) is 19.6 Å². The Balaban J connectivity index is 2.71. The van der Waals surface area contributed by atoms with Crippen molar-refractivity contribution < 1.29 is 9.53 Å². The van der Waals surface area contributed by atoms with Crippen LogP contribution in [0, 0.1) is 6.92 Å². The summed E-state index contributed by atoms with van der Waals surface area (Å²) in [7, 11) is 1.56. The predicted molar refractivity (Wildman–Crippen MR) is 55.2 cm³/mol. The van der Waals surface area contributed by atoms with Crippen LogP contribution in [0.5, 0.6) is 5.75 Å². The molecule has 0 aliphatic carbocycles. The smallest absolute Gasteiger partial charge is 0.257 e. The first kappa shape index (κ1) is 10.4. The van der Waals surface area contributed by atoms with E-state index in [2.05, 4.69) is 5.32 Å². The monoisotopic (exact) mass is 194 g/mol. The number of nitrogens with one attached hydrogen (secondary N) is 1. The van der Waals surface area contributed by atoms with E-state index in [-0.39, 0.29) is 12.5 Å². The van der Waals surface area contributed by atoms with Crippen LogP contribution in [0.4, 0.5) is 5.69 Å². The Bertz CT molecular complexity index is 317. The molecule has 1 aromatic carbocycles. The highest BCUT2D eigenvalue weighted by molar-refractivity contribution is 5.77. The fraction of sp³-hybridized carbons (Fsp3) is 0.300. The number of likely N-dealkylation sites (N-methyl/N-ethyl adjacent to an activating group) is 1. The van der Waals surface area contributed by atoms with E-state index in [1.165, 1.54) is 0 Å². The number of nitrogens with two attached hydrogens (primary N) is 1. The minimum atomic E-state index is -0.173. The third-order valence-corrected chi connectivity index (χ3v) is 1.87. The number of para-hydroxylation sites is 1. The van der Waals surface area contributed by atoms with Gasteiger partial charge in [0, 0.05) is 7.05 Å². The molecule has 0 saturated heterocycles.